The Morgan fingerprint density at radius 1 is 1.50 bits per heavy atom. The summed E-state index contributed by atoms with van der Waals surface area (Å²) >= 11 is 5.17. The average molecular weight is 180 g/mol. The van der Waals surface area contributed by atoms with Gasteiger partial charge in [0, 0.05) is 6.54 Å². The van der Waals surface area contributed by atoms with Crippen molar-refractivity contribution in [1.82, 2.24) is 19.2 Å². The van der Waals surface area contributed by atoms with Crippen LogP contribution in [0.15, 0.2) is 18.7 Å². The summed E-state index contributed by atoms with van der Waals surface area (Å²) in [5, 5.41) is 4.15. The highest BCUT2D eigenvalue weighted by Gasteiger charge is 1.96. The highest BCUT2D eigenvalue weighted by Crippen LogP contribution is 2.00. The number of nitrogens with zero attached hydrogens (tertiary/aromatic N) is 4. The van der Waals surface area contributed by atoms with Gasteiger partial charge in [-0.15, -0.1) is 0 Å². The Hall–Kier alpha value is -1.23. The number of hydrogen-bond acceptors (Lipinski definition) is 3. The summed E-state index contributed by atoms with van der Waals surface area (Å²) in [6, 6.07) is 0. The number of aromatic nitrogens is 4. The molecule has 2 aromatic heterocycles. The topological polar surface area (TPSA) is 35.1 Å². The third-order valence-corrected chi connectivity index (χ3v) is 2.13. The van der Waals surface area contributed by atoms with Crippen molar-refractivity contribution >= 4 is 17.7 Å². The highest BCUT2D eigenvalue weighted by molar-refractivity contribution is 7.71. The molecule has 2 aromatic rings. The molecule has 0 aliphatic heterocycles. The largest absolute Gasteiger partial charge is 0.273 e. The molecular weight excluding hydrogens is 172 g/mol. The fourth-order valence-corrected chi connectivity index (χ4v) is 1.41. The van der Waals surface area contributed by atoms with Crippen molar-refractivity contribution < 1.29 is 0 Å². The van der Waals surface area contributed by atoms with Crippen LogP contribution in [0, 0.1) is 4.77 Å². The Bertz CT molecular complexity index is 456. The van der Waals surface area contributed by atoms with Crippen molar-refractivity contribution in [1.29, 1.82) is 0 Å². The van der Waals surface area contributed by atoms with Gasteiger partial charge in [-0.3, -0.25) is 4.40 Å². The molecule has 4 nitrogen and oxygen atoms in total. The van der Waals surface area contributed by atoms with Crippen molar-refractivity contribution in [3.63, 3.8) is 0 Å². The van der Waals surface area contributed by atoms with Gasteiger partial charge < -0.3 is 0 Å². The minimum atomic E-state index is 0.688. The van der Waals surface area contributed by atoms with Gasteiger partial charge in [0.15, 0.2) is 0 Å². The Balaban J connectivity index is 2.88. The lowest BCUT2D eigenvalue weighted by atomic mass is 10.6. The molecule has 12 heavy (non-hydrogen) atoms. The summed E-state index contributed by atoms with van der Waals surface area (Å²) in [6.07, 6.45) is 5.20. The maximum atomic E-state index is 5.17. The molecule has 0 saturated heterocycles. The maximum absolute atomic E-state index is 5.17. The van der Waals surface area contributed by atoms with Crippen LogP contribution in [0.2, 0.25) is 0 Å². The molecule has 0 fully saturated rings. The van der Waals surface area contributed by atoms with E-state index in [-0.39, 0.29) is 0 Å². The van der Waals surface area contributed by atoms with Crippen LogP contribution in [0.4, 0.5) is 0 Å². The summed E-state index contributed by atoms with van der Waals surface area (Å²) < 4.78 is 4.28. The minimum Gasteiger partial charge on any atom is -0.273 e. The summed E-state index contributed by atoms with van der Waals surface area (Å²) in [6.45, 7) is 2.79. The third kappa shape index (κ3) is 0.937. The average Bonchev–Trinajstić information content (AvgIpc) is 2.53. The van der Waals surface area contributed by atoms with Gasteiger partial charge in [-0.1, -0.05) is 0 Å². The van der Waals surface area contributed by atoms with Crippen LogP contribution in [0.25, 0.3) is 5.52 Å². The number of imidazole rings is 1. The van der Waals surface area contributed by atoms with Crippen LogP contribution in [-0.4, -0.2) is 19.2 Å². The molecule has 0 aliphatic rings. The molecular formula is C7H8N4S. The lowest BCUT2D eigenvalue weighted by Crippen LogP contribution is -2.06. The predicted molar refractivity (Wildman–Crippen MR) is 47.5 cm³/mol. The van der Waals surface area contributed by atoms with Gasteiger partial charge in [-0.05, 0) is 19.1 Å². The van der Waals surface area contributed by atoms with E-state index in [2.05, 4.69) is 10.1 Å². The molecule has 0 radical (unpaired) electrons. The van der Waals surface area contributed by atoms with Gasteiger partial charge in [-0.25, -0.2) is 9.67 Å². The summed E-state index contributed by atoms with van der Waals surface area (Å²) in [7, 11) is 0. The molecule has 0 saturated carbocycles. The van der Waals surface area contributed by atoms with Gasteiger partial charge in [0.25, 0.3) is 0 Å². The van der Waals surface area contributed by atoms with E-state index in [1.54, 1.807) is 23.4 Å². The van der Waals surface area contributed by atoms with E-state index in [9.17, 15) is 0 Å². The van der Waals surface area contributed by atoms with Crippen molar-refractivity contribution in [2.75, 3.05) is 0 Å². The first-order chi connectivity index (χ1) is 5.83. The smallest absolute Gasteiger partial charge is 0.202 e. The second-order valence-electron chi connectivity index (χ2n) is 2.43. The predicted octanol–water partition coefficient (Wildman–Crippen LogP) is 1.28. The van der Waals surface area contributed by atoms with E-state index < -0.39 is 0 Å². The highest BCUT2D eigenvalue weighted by atomic mass is 32.1. The van der Waals surface area contributed by atoms with Crippen molar-refractivity contribution in [3.8, 4) is 0 Å². The van der Waals surface area contributed by atoms with Gasteiger partial charge in [0.05, 0.1) is 17.9 Å². The number of rotatable bonds is 1. The third-order valence-electron chi connectivity index (χ3n) is 1.72. The standard InChI is InChI=1S/C7H8N4S/c1-2-11-7(12)10-5-8-3-6(10)4-9-11/h3-5H,2H2,1H3. The van der Waals surface area contributed by atoms with Gasteiger partial charge in [0.1, 0.15) is 6.33 Å². The van der Waals surface area contributed by atoms with E-state index in [4.69, 9.17) is 12.2 Å². The number of fused-ring (bicyclic) bond motifs is 1. The van der Waals surface area contributed by atoms with Crippen molar-refractivity contribution in [3.05, 3.63) is 23.5 Å². The first-order valence-corrected chi connectivity index (χ1v) is 4.12. The fraction of sp³-hybridized carbons (Fsp3) is 0.286. The maximum Gasteiger partial charge on any atom is 0.202 e. The Morgan fingerprint density at radius 3 is 3.08 bits per heavy atom. The molecule has 2 rings (SSSR count). The quantitative estimate of drug-likeness (QED) is 0.620. The molecule has 2 heterocycles. The Morgan fingerprint density at radius 2 is 2.33 bits per heavy atom. The van der Waals surface area contributed by atoms with Crippen LogP contribution in [0.3, 0.4) is 0 Å². The first kappa shape index (κ1) is 7.42. The van der Waals surface area contributed by atoms with Crippen molar-refractivity contribution in [2.24, 2.45) is 0 Å². The lowest BCUT2D eigenvalue weighted by molar-refractivity contribution is 0.606. The van der Waals surface area contributed by atoms with E-state index >= 15 is 0 Å². The van der Waals surface area contributed by atoms with E-state index in [0.717, 1.165) is 12.1 Å². The molecule has 0 bridgehead atoms. The summed E-state index contributed by atoms with van der Waals surface area (Å²) in [5.74, 6) is 0. The second kappa shape index (κ2) is 2.67. The molecule has 0 aliphatic carbocycles. The summed E-state index contributed by atoms with van der Waals surface area (Å²) in [4.78, 5) is 3.98. The van der Waals surface area contributed by atoms with Crippen LogP contribution in [0.5, 0.6) is 0 Å². The molecule has 0 amide bonds. The van der Waals surface area contributed by atoms with E-state index in [1.807, 2.05) is 11.3 Å². The number of aryl methyl sites for hydroxylation is 1. The Labute approximate surface area is 74.5 Å². The van der Waals surface area contributed by atoms with Gasteiger partial charge in [-0.2, -0.15) is 5.10 Å². The second-order valence-corrected chi connectivity index (χ2v) is 2.80. The van der Waals surface area contributed by atoms with Crippen LogP contribution < -0.4 is 0 Å². The molecule has 0 unspecified atom stereocenters. The summed E-state index contributed by atoms with van der Waals surface area (Å²) in [5.41, 5.74) is 0.935. The first-order valence-electron chi connectivity index (χ1n) is 3.71. The molecule has 62 valence electrons. The fourth-order valence-electron chi connectivity index (χ4n) is 1.08. The molecule has 0 aromatic carbocycles. The SMILES string of the molecule is CCn1ncc2cncn2c1=S. The molecule has 0 spiro atoms. The zero-order valence-corrected chi connectivity index (χ0v) is 7.45. The van der Waals surface area contributed by atoms with Gasteiger partial charge >= 0.3 is 0 Å². The van der Waals surface area contributed by atoms with Crippen molar-refractivity contribution in [2.45, 2.75) is 13.5 Å². The van der Waals surface area contributed by atoms with E-state index in [0.29, 0.717) is 4.77 Å². The van der Waals surface area contributed by atoms with Crippen LogP contribution in [0.1, 0.15) is 6.92 Å². The zero-order valence-electron chi connectivity index (χ0n) is 6.64. The molecule has 0 N–H and O–H groups in total. The zero-order chi connectivity index (χ0) is 8.55. The van der Waals surface area contributed by atoms with Crippen LogP contribution in [-0.2, 0) is 6.54 Å². The van der Waals surface area contributed by atoms with E-state index in [1.165, 1.54) is 0 Å². The lowest BCUT2D eigenvalue weighted by Gasteiger charge is -2.01. The minimum absolute atomic E-state index is 0.688. The Kier molecular flexibility index (Phi) is 1.65. The molecule has 5 heteroatoms. The number of hydrogen-bond donors (Lipinski definition) is 0. The monoisotopic (exact) mass is 180 g/mol. The molecule has 0 atom stereocenters. The van der Waals surface area contributed by atoms with Crippen LogP contribution >= 0.6 is 12.2 Å². The van der Waals surface area contributed by atoms with Gasteiger partial charge in [0.2, 0.25) is 4.77 Å². The normalized spacial score (nSPS) is 10.8.